The summed E-state index contributed by atoms with van der Waals surface area (Å²) < 4.78 is 27.1. The molecule has 0 aliphatic heterocycles. The van der Waals surface area contributed by atoms with Crippen LogP contribution in [0, 0.1) is 0 Å². The third-order valence-electron chi connectivity index (χ3n) is 1.00. The van der Waals surface area contributed by atoms with Crippen LogP contribution in [0.4, 0.5) is 14.5 Å². The Kier molecular flexibility index (Phi) is 4.28. The molecule has 0 unspecified atom stereocenters. The van der Waals surface area contributed by atoms with E-state index in [4.69, 9.17) is 5.73 Å². The van der Waals surface area contributed by atoms with Crippen molar-refractivity contribution in [3.63, 3.8) is 0 Å². The number of anilines is 1. The number of nitrogens with zero attached hydrogens (tertiary/aromatic N) is 1. The number of alkyl halides is 2. The van der Waals surface area contributed by atoms with Gasteiger partial charge in [0, 0.05) is 6.20 Å². The number of hydrogen-bond acceptors (Lipinski definition) is 3. The average Bonchev–Trinajstić information content (AvgIpc) is 1.93. The largest absolute Gasteiger partial charge is 0.415 e. The second kappa shape index (κ2) is 4.71. The minimum Gasteiger partial charge on any atom is -0.415 e. The molecule has 0 aliphatic rings. The first-order valence-corrected chi connectivity index (χ1v) is 2.85. The van der Waals surface area contributed by atoms with Gasteiger partial charge in [0.15, 0.2) is 0 Å². The molecule has 1 heterocycles. The molecule has 1 rings (SSSR count). The molecule has 0 atom stereocenters. The normalized spacial score (nSPS) is 9.25. The average molecular weight is 197 g/mol. The first-order chi connectivity index (χ1) is 5.20. The number of halogens is 3. The topological polar surface area (TPSA) is 48.1 Å². The molecular formula is C6H7ClF2N2O. The maximum absolute atomic E-state index is 11.6. The van der Waals surface area contributed by atoms with E-state index in [0.29, 0.717) is 0 Å². The van der Waals surface area contributed by atoms with E-state index in [2.05, 4.69) is 9.72 Å². The van der Waals surface area contributed by atoms with Gasteiger partial charge in [-0.1, -0.05) is 0 Å². The predicted molar refractivity (Wildman–Crippen MR) is 42.5 cm³/mol. The summed E-state index contributed by atoms with van der Waals surface area (Å²) in [5.74, 6) is -0.234. The lowest BCUT2D eigenvalue weighted by atomic mass is 10.4. The second-order valence-corrected chi connectivity index (χ2v) is 1.78. The minimum absolute atomic E-state index is 0. The fourth-order valence-corrected chi connectivity index (χ4v) is 0.586. The van der Waals surface area contributed by atoms with E-state index in [1.165, 1.54) is 18.3 Å². The standard InChI is InChI=1S/C6H6F2N2O.ClH/c7-6(8)11-5-4(9)2-1-3-10-5;/h1-3,6H,9H2;1H. The van der Waals surface area contributed by atoms with Gasteiger partial charge in [0.05, 0.1) is 5.69 Å². The van der Waals surface area contributed by atoms with Crippen LogP contribution in [0.15, 0.2) is 18.3 Å². The highest BCUT2D eigenvalue weighted by molar-refractivity contribution is 5.85. The van der Waals surface area contributed by atoms with Gasteiger partial charge in [0.1, 0.15) is 0 Å². The summed E-state index contributed by atoms with van der Waals surface area (Å²) in [5, 5.41) is 0. The molecule has 0 amide bonds. The van der Waals surface area contributed by atoms with E-state index in [1.54, 1.807) is 0 Å². The van der Waals surface area contributed by atoms with E-state index >= 15 is 0 Å². The third-order valence-corrected chi connectivity index (χ3v) is 1.00. The lowest BCUT2D eigenvalue weighted by molar-refractivity contribution is -0.0522. The van der Waals surface area contributed by atoms with E-state index in [0.717, 1.165) is 0 Å². The quantitative estimate of drug-likeness (QED) is 0.783. The van der Waals surface area contributed by atoms with Gasteiger partial charge in [-0.15, -0.1) is 12.4 Å². The minimum atomic E-state index is -2.88. The molecule has 0 fully saturated rings. The smallest absolute Gasteiger partial charge is 0.388 e. The number of hydrogen-bond donors (Lipinski definition) is 1. The highest BCUT2D eigenvalue weighted by atomic mass is 35.5. The van der Waals surface area contributed by atoms with Crippen LogP contribution in [0.2, 0.25) is 0 Å². The fraction of sp³-hybridized carbons (Fsp3) is 0.167. The van der Waals surface area contributed by atoms with Crippen molar-refractivity contribution in [1.82, 2.24) is 4.98 Å². The van der Waals surface area contributed by atoms with Crippen LogP contribution in [-0.4, -0.2) is 11.6 Å². The Balaban J connectivity index is 0.00000121. The maximum Gasteiger partial charge on any atom is 0.388 e. The van der Waals surface area contributed by atoms with E-state index in [-0.39, 0.29) is 24.0 Å². The molecule has 3 nitrogen and oxygen atoms in total. The summed E-state index contributed by atoms with van der Waals surface area (Å²) in [7, 11) is 0. The number of nitrogen functional groups attached to an aromatic ring is 1. The number of ether oxygens (including phenoxy) is 1. The number of pyridine rings is 1. The summed E-state index contributed by atoms with van der Waals surface area (Å²) in [5.41, 5.74) is 5.35. The van der Waals surface area contributed by atoms with Crippen LogP contribution >= 0.6 is 12.4 Å². The Labute approximate surface area is 74.0 Å². The molecule has 0 spiro atoms. The van der Waals surface area contributed by atoms with Crippen LogP contribution in [0.5, 0.6) is 5.88 Å². The maximum atomic E-state index is 11.6. The van der Waals surface area contributed by atoms with Gasteiger partial charge in [-0.3, -0.25) is 0 Å². The zero-order valence-corrected chi connectivity index (χ0v) is 6.72. The molecule has 2 N–H and O–H groups in total. The Morgan fingerprint density at radius 3 is 2.67 bits per heavy atom. The van der Waals surface area contributed by atoms with Crippen LogP contribution in [0.25, 0.3) is 0 Å². The van der Waals surface area contributed by atoms with Gasteiger partial charge in [0.25, 0.3) is 0 Å². The molecule has 12 heavy (non-hydrogen) atoms. The Morgan fingerprint density at radius 1 is 1.50 bits per heavy atom. The molecule has 0 saturated carbocycles. The van der Waals surface area contributed by atoms with E-state index < -0.39 is 6.61 Å². The molecule has 0 saturated heterocycles. The van der Waals surface area contributed by atoms with Gasteiger partial charge < -0.3 is 10.5 Å². The van der Waals surface area contributed by atoms with Crippen molar-refractivity contribution in [3.8, 4) is 5.88 Å². The number of rotatable bonds is 2. The van der Waals surface area contributed by atoms with Crippen molar-refractivity contribution < 1.29 is 13.5 Å². The van der Waals surface area contributed by atoms with Gasteiger partial charge in [0.2, 0.25) is 5.88 Å². The summed E-state index contributed by atoms with van der Waals surface area (Å²) >= 11 is 0. The molecule has 0 aromatic carbocycles. The van der Waals surface area contributed by atoms with Crippen molar-refractivity contribution >= 4 is 18.1 Å². The Bertz CT molecular complexity index is 247. The van der Waals surface area contributed by atoms with E-state index in [1.807, 2.05) is 0 Å². The number of nitrogens with two attached hydrogens (primary N) is 1. The Hall–Kier alpha value is -1.10. The molecule has 0 bridgehead atoms. The second-order valence-electron chi connectivity index (χ2n) is 1.78. The van der Waals surface area contributed by atoms with Gasteiger partial charge in [-0.2, -0.15) is 8.78 Å². The van der Waals surface area contributed by atoms with Gasteiger partial charge >= 0.3 is 6.61 Å². The lowest BCUT2D eigenvalue weighted by Gasteiger charge is -2.04. The highest BCUT2D eigenvalue weighted by Gasteiger charge is 2.07. The van der Waals surface area contributed by atoms with E-state index in [9.17, 15) is 8.78 Å². The van der Waals surface area contributed by atoms with Crippen molar-refractivity contribution in [1.29, 1.82) is 0 Å². The lowest BCUT2D eigenvalue weighted by Crippen LogP contribution is -2.05. The summed E-state index contributed by atoms with van der Waals surface area (Å²) in [4.78, 5) is 3.49. The molecule has 6 heteroatoms. The van der Waals surface area contributed by atoms with Crippen molar-refractivity contribution in [2.24, 2.45) is 0 Å². The van der Waals surface area contributed by atoms with Crippen molar-refractivity contribution in [3.05, 3.63) is 18.3 Å². The Morgan fingerprint density at radius 2 is 2.17 bits per heavy atom. The molecule has 1 aromatic heterocycles. The molecule has 68 valence electrons. The number of aromatic nitrogens is 1. The van der Waals surface area contributed by atoms with Crippen molar-refractivity contribution in [2.45, 2.75) is 6.61 Å². The molecule has 1 aromatic rings. The monoisotopic (exact) mass is 196 g/mol. The first-order valence-electron chi connectivity index (χ1n) is 2.85. The van der Waals surface area contributed by atoms with Crippen molar-refractivity contribution in [2.75, 3.05) is 5.73 Å². The zero-order valence-electron chi connectivity index (χ0n) is 5.91. The van der Waals surface area contributed by atoms with Crippen LogP contribution in [0.1, 0.15) is 0 Å². The predicted octanol–water partition coefficient (Wildman–Crippen LogP) is 1.69. The van der Waals surface area contributed by atoms with Gasteiger partial charge in [-0.05, 0) is 12.1 Å². The van der Waals surface area contributed by atoms with Crippen LogP contribution < -0.4 is 10.5 Å². The highest BCUT2D eigenvalue weighted by Crippen LogP contribution is 2.17. The zero-order chi connectivity index (χ0) is 8.27. The summed E-state index contributed by atoms with van der Waals surface area (Å²) in [6, 6.07) is 2.97. The van der Waals surface area contributed by atoms with Crippen LogP contribution in [-0.2, 0) is 0 Å². The molecule has 0 radical (unpaired) electrons. The summed E-state index contributed by atoms with van der Waals surface area (Å²) in [6.45, 7) is -2.88. The first kappa shape index (κ1) is 10.9. The van der Waals surface area contributed by atoms with Crippen LogP contribution in [0.3, 0.4) is 0 Å². The molecule has 0 aliphatic carbocycles. The molecular weight excluding hydrogens is 190 g/mol. The fourth-order valence-electron chi connectivity index (χ4n) is 0.586. The third kappa shape index (κ3) is 2.87. The van der Waals surface area contributed by atoms with Gasteiger partial charge in [-0.25, -0.2) is 4.98 Å². The summed E-state index contributed by atoms with van der Waals surface area (Å²) in [6.07, 6.45) is 1.33. The SMILES string of the molecule is Cl.Nc1cccnc1OC(F)F.